The number of rotatable bonds is 2. The van der Waals surface area contributed by atoms with E-state index < -0.39 is 5.97 Å². The summed E-state index contributed by atoms with van der Waals surface area (Å²) in [6.07, 6.45) is 3.74. The number of hydrogen-bond donors (Lipinski definition) is 1. The van der Waals surface area contributed by atoms with Gasteiger partial charge in [0.2, 0.25) is 5.76 Å². The third kappa shape index (κ3) is 2.06. The van der Waals surface area contributed by atoms with Crippen molar-refractivity contribution < 1.29 is 14.3 Å². The first-order valence-corrected chi connectivity index (χ1v) is 8.27. The Morgan fingerprint density at radius 1 is 1.32 bits per heavy atom. The van der Waals surface area contributed by atoms with Crippen LogP contribution >= 0.6 is 11.3 Å². The molecule has 0 aliphatic carbocycles. The number of hydrogen-bond acceptors (Lipinski definition) is 5. The summed E-state index contributed by atoms with van der Waals surface area (Å²) < 4.78 is 6.53. The van der Waals surface area contributed by atoms with Crippen LogP contribution in [0.4, 0.5) is 5.13 Å². The number of fused-ring (bicyclic) bond motifs is 2. The van der Waals surface area contributed by atoms with Gasteiger partial charge in [-0.15, -0.1) is 0 Å². The molecule has 0 amide bonds. The second kappa shape index (κ2) is 4.98. The fraction of sp³-hybridized carbons (Fsp3) is 0.375. The van der Waals surface area contributed by atoms with Crippen molar-refractivity contribution in [1.82, 2.24) is 4.98 Å². The van der Waals surface area contributed by atoms with Crippen LogP contribution in [0.1, 0.15) is 35.4 Å². The molecule has 1 saturated heterocycles. The van der Waals surface area contributed by atoms with Gasteiger partial charge in [-0.3, -0.25) is 0 Å². The molecule has 1 aliphatic rings. The Bertz CT molecular complexity index is 874. The number of aryl methyl sites for hydroxylation is 1. The summed E-state index contributed by atoms with van der Waals surface area (Å²) in [6.45, 7) is 3.91. The van der Waals surface area contributed by atoms with E-state index in [1.807, 2.05) is 12.1 Å². The summed E-state index contributed by atoms with van der Waals surface area (Å²) in [7, 11) is 0. The van der Waals surface area contributed by atoms with Crippen LogP contribution in [0.25, 0.3) is 21.2 Å². The predicted octanol–water partition coefficient (Wildman–Crippen LogP) is 4.04. The number of aromatic nitrogens is 1. The molecule has 0 atom stereocenters. The molecule has 114 valence electrons. The van der Waals surface area contributed by atoms with Crippen molar-refractivity contribution >= 4 is 43.6 Å². The second-order valence-electron chi connectivity index (χ2n) is 5.72. The fourth-order valence-electron chi connectivity index (χ4n) is 3.05. The van der Waals surface area contributed by atoms with Gasteiger partial charge in [0.1, 0.15) is 5.58 Å². The quantitative estimate of drug-likeness (QED) is 0.773. The summed E-state index contributed by atoms with van der Waals surface area (Å²) in [6, 6.07) is 3.86. The Balaban J connectivity index is 1.83. The molecule has 3 aromatic rings. The molecule has 1 aliphatic heterocycles. The van der Waals surface area contributed by atoms with Crippen molar-refractivity contribution in [2.24, 2.45) is 0 Å². The molecule has 1 N–H and O–H groups in total. The van der Waals surface area contributed by atoms with Crippen molar-refractivity contribution in [3.05, 3.63) is 23.5 Å². The summed E-state index contributed by atoms with van der Waals surface area (Å²) in [5, 5.41) is 11.0. The number of carbonyl (C=O) groups is 1. The van der Waals surface area contributed by atoms with Crippen LogP contribution in [0.2, 0.25) is 0 Å². The molecule has 0 unspecified atom stereocenters. The average Bonchev–Trinajstić information content (AvgIpc) is 3.07. The van der Waals surface area contributed by atoms with E-state index in [1.165, 1.54) is 19.3 Å². The Morgan fingerprint density at radius 2 is 2.09 bits per heavy atom. The Kier molecular flexibility index (Phi) is 3.07. The molecule has 1 fully saturated rings. The molecule has 0 saturated carbocycles. The van der Waals surface area contributed by atoms with E-state index in [4.69, 9.17) is 14.5 Å². The highest BCUT2D eigenvalue weighted by Crippen LogP contribution is 2.35. The van der Waals surface area contributed by atoms with Gasteiger partial charge < -0.3 is 14.4 Å². The van der Waals surface area contributed by atoms with E-state index in [0.29, 0.717) is 11.1 Å². The predicted molar refractivity (Wildman–Crippen MR) is 87.2 cm³/mol. The van der Waals surface area contributed by atoms with Gasteiger partial charge in [-0.25, -0.2) is 9.78 Å². The van der Waals surface area contributed by atoms with Crippen molar-refractivity contribution in [2.75, 3.05) is 18.0 Å². The smallest absolute Gasteiger partial charge is 0.372 e. The van der Waals surface area contributed by atoms with E-state index in [0.717, 1.165) is 33.8 Å². The minimum absolute atomic E-state index is 0.0175. The molecule has 5 nitrogen and oxygen atoms in total. The molecule has 4 rings (SSSR count). The Morgan fingerprint density at radius 3 is 2.82 bits per heavy atom. The van der Waals surface area contributed by atoms with Crippen molar-refractivity contribution in [1.29, 1.82) is 0 Å². The van der Waals surface area contributed by atoms with E-state index in [-0.39, 0.29) is 5.76 Å². The number of aromatic carboxylic acids is 1. The zero-order valence-corrected chi connectivity index (χ0v) is 13.1. The molecule has 0 bridgehead atoms. The maximum atomic E-state index is 11.2. The highest BCUT2D eigenvalue weighted by Gasteiger charge is 2.19. The van der Waals surface area contributed by atoms with Gasteiger partial charge in [-0.1, -0.05) is 11.3 Å². The lowest BCUT2D eigenvalue weighted by atomic mass is 10.1. The number of furan rings is 1. The minimum atomic E-state index is -1.03. The van der Waals surface area contributed by atoms with Gasteiger partial charge in [0, 0.05) is 30.1 Å². The van der Waals surface area contributed by atoms with Gasteiger partial charge in [-0.05, 0) is 32.3 Å². The summed E-state index contributed by atoms with van der Waals surface area (Å²) in [4.78, 5) is 18.2. The average molecular weight is 316 g/mol. The number of thiazole rings is 1. The van der Waals surface area contributed by atoms with Crippen molar-refractivity contribution in [3.8, 4) is 0 Å². The van der Waals surface area contributed by atoms with E-state index in [1.54, 1.807) is 18.3 Å². The van der Waals surface area contributed by atoms with E-state index in [2.05, 4.69) is 4.90 Å². The first-order chi connectivity index (χ1) is 10.6. The number of anilines is 1. The van der Waals surface area contributed by atoms with E-state index >= 15 is 0 Å². The highest BCUT2D eigenvalue weighted by atomic mass is 32.1. The molecular weight excluding hydrogens is 300 g/mol. The Labute approximate surface area is 131 Å². The normalized spacial score (nSPS) is 15.8. The lowest BCUT2D eigenvalue weighted by Gasteiger charge is -2.25. The van der Waals surface area contributed by atoms with Crippen LogP contribution in [0.5, 0.6) is 0 Å². The monoisotopic (exact) mass is 316 g/mol. The first-order valence-electron chi connectivity index (χ1n) is 7.45. The van der Waals surface area contributed by atoms with Gasteiger partial charge in [0.15, 0.2) is 5.13 Å². The number of carboxylic acid groups (broad SMARTS) is 1. The number of benzene rings is 1. The molecule has 2 aromatic heterocycles. The molecule has 0 spiro atoms. The molecule has 3 heterocycles. The first kappa shape index (κ1) is 13.6. The maximum absolute atomic E-state index is 11.2. The second-order valence-corrected chi connectivity index (χ2v) is 6.73. The van der Waals surface area contributed by atoms with Crippen LogP contribution in [0.15, 0.2) is 16.5 Å². The van der Waals surface area contributed by atoms with Gasteiger partial charge in [0.25, 0.3) is 0 Å². The van der Waals surface area contributed by atoms with Crippen LogP contribution in [-0.2, 0) is 0 Å². The lowest BCUT2D eigenvalue weighted by molar-refractivity contribution is 0.0664. The Hall–Kier alpha value is -2.08. The minimum Gasteiger partial charge on any atom is -0.475 e. The topological polar surface area (TPSA) is 66.6 Å². The SMILES string of the molecule is Cc1c(C(=O)O)oc2cc3sc(N4CCCCC4)nc3cc12. The van der Waals surface area contributed by atoms with Crippen LogP contribution in [0.3, 0.4) is 0 Å². The third-order valence-electron chi connectivity index (χ3n) is 4.26. The lowest BCUT2D eigenvalue weighted by Crippen LogP contribution is -2.29. The van der Waals surface area contributed by atoms with E-state index in [9.17, 15) is 4.79 Å². The van der Waals surface area contributed by atoms with Gasteiger partial charge in [0.05, 0.1) is 10.2 Å². The number of carboxylic acids is 1. The largest absolute Gasteiger partial charge is 0.475 e. The summed E-state index contributed by atoms with van der Waals surface area (Å²) in [5.41, 5.74) is 2.20. The van der Waals surface area contributed by atoms with Crippen LogP contribution in [-0.4, -0.2) is 29.1 Å². The number of nitrogens with zero attached hydrogens (tertiary/aromatic N) is 2. The number of piperidine rings is 1. The third-order valence-corrected chi connectivity index (χ3v) is 5.33. The van der Waals surface area contributed by atoms with Gasteiger partial charge in [-0.2, -0.15) is 0 Å². The molecular formula is C16H16N2O3S. The molecule has 0 radical (unpaired) electrons. The summed E-state index contributed by atoms with van der Waals surface area (Å²) in [5.74, 6) is -1.01. The standard InChI is InChI=1S/C16H16N2O3S/c1-9-10-7-11-13(8-12(10)21-14(9)15(19)20)22-16(17-11)18-5-3-2-4-6-18/h7-8H,2-6H2,1H3,(H,19,20). The van der Waals surface area contributed by atoms with Crippen LogP contribution < -0.4 is 4.90 Å². The maximum Gasteiger partial charge on any atom is 0.372 e. The summed E-state index contributed by atoms with van der Waals surface area (Å²) >= 11 is 1.65. The highest BCUT2D eigenvalue weighted by molar-refractivity contribution is 7.22. The fourth-order valence-corrected chi connectivity index (χ4v) is 4.08. The molecule has 6 heteroatoms. The molecule has 22 heavy (non-hydrogen) atoms. The molecule has 1 aromatic carbocycles. The van der Waals surface area contributed by atoms with Crippen molar-refractivity contribution in [3.63, 3.8) is 0 Å². The zero-order chi connectivity index (χ0) is 15.3. The van der Waals surface area contributed by atoms with Gasteiger partial charge >= 0.3 is 5.97 Å². The van der Waals surface area contributed by atoms with Crippen molar-refractivity contribution in [2.45, 2.75) is 26.2 Å². The van der Waals surface area contributed by atoms with Crippen LogP contribution in [0, 0.1) is 6.92 Å². The zero-order valence-electron chi connectivity index (χ0n) is 12.3.